The molecule has 8 nitrogen and oxygen atoms in total. The highest BCUT2D eigenvalue weighted by molar-refractivity contribution is 7.92. The molecular formula is C31H39N3O5S. The van der Waals surface area contributed by atoms with Crippen LogP contribution in [0.15, 0.2) is 78.9 Å². The maximum absolute atomic E-state index is 14.1. The van der Waals surface area contributed by atoms with Crippen molar-refractivity contribution in [1.82, 2.24) is 10.2 Å². The molecule has 1 atom stereocenters. The van der Waals surface area contributed by atoms with Crippen molar-refractivity contribution in [3.05, 3.63) is 95.6 Å². The van der Waals surface area contributed by atoms with E-state index < -0.39 is 28.5 Å². The first-order chi connectivity index (χ1) is 19.1. The van der Waals surface area contributed by atoms with Gasteiger partial charge in [0, 0.05) is 19.5 Å². The van der Waals surface area contributed by atoms with E-state index >= 15 is 0 Å². The lowest BCUT2D eigenvalue weighted by atomic mass is 10.0. The van der Waals surface area contributed by atoms with Crippen LogP contribution in [0.2, 0.25) is 0 Å². The van der Waals surface area contributed by atoms with Gasteiger partial charge >= 0.3 is 0 Å². The number of anilines is 1. The Hall–Kier alpha value is -3.85. The van der Waals surface area contributed by atoms with Crippen molar-refractivity contribution in [2.45, 2.75) is 45.7 Å². The molecule has 9 heteroatoms. The summed E-state index contributed by atoms with van der Waals surface area (Å²) in [6.45, 7) is 4.02. The second-order valence-electron chi connectivity index (χ2n) is 9.80. The zero-order valence-electron chi connectivity index (χ0n) is 23.7. The van der Waals surface area contributed by atoms with Gasteiger partial charge in [-0.25, -0.2) is 8.42 Å². The van der Waals surface area contributed by atoms with E-state index in [0.717, 1.165) is 40.1 Å². The monoisotopic (exact) mass is 565 g/mol. The van der Waals surface area contributed by atoms with Crippen LogP contribution in [0.3, 0.4) is 0 Å². The molecule has 1 N–H and O–H groups in total. The van der Waals surface area contributed by atoms with E-state index in [0.29, 0.717) is 12.3 Å². The van der Waals surface area contributed by atoms with E-state index in [4.69, 9.17) is 4.74 Å². The molecule has 3 aromatic rings. The molecule has 0 bridgehead atoms. The number of rotatable bonds is 14. The first-order valence-corrected chi connectivity index (χ1v) is 15.3. The number of ether oxygens (including phenoxy) is 1. The average molecular weight is 566 g/mol. The third kappa shape index (κ3) is 8.58. The van der Waals surface area contributed by atoms with E-state index in [1.165, 1.54) is 12.0 Å². The highest BCUT2D eigenvalue weighted by Crippen LogP contribution is 2.31. The van der Waals surface area contributed by atoms with Crippen LogP contribution in [0, 0.1) is 6.92 Å². The molecule has 0 radical (unpaired) electrons. The molecule has 3 rings (SSSR count). The molecule has 0 heterocycles. The number of carbonyl (C=O) groups excluding carboxylic acids is 2. The van der Waals surface area contributed by atoms with Crippen LogP contribution in [0.25, 0.3) is 0 Å². The van der Waals surface area contributed by atoms with Gasteiger partial charge in [-0.05, 0) is 42.2 Å². The van der Waals surface area contributed by atoms with E-state index in [2.05, 4.69) is 5.32 Å². The minimum Gasteiger partial charge on any atom is -0.495 e. The first kappa shape index (κ1) is 30.7. The summed E-state index contributed by atoms with van der Waals surface area (Å²) in [5, 5.41) is 2.98. The number of methoxy groups -OCH3 is 1. The Balaban J connectivity index is 2.05. The highest BCUT2D eigenvalue weighted by atomic mass is 32.2. The Morgan fingerprint density at radius 2 is 1.57 bits per heavy atom. The predicted molar refractivity (Wildman–Crippen MR) is 159 cm³/mol. The smallest absolute Gasteiger partial charge is 0.244 e. The van der Waals surface area contributed by atoms with Gasteiger partial charge in [-0.3, -0.25) is 13.9 Å². The summed E-state index contributed by atoms with van der Waals surface area (Å²) in [4.78, 5) is 29.2. The molecule has 0 aliphatic carbocycles. The number of carbonyl (C=O) groups is 2. The Kier molecular flexibility index (Phi) is 11.1. The molecule has 0 saturated heterocycles. The lowest BCUT2D eigenvalue weighted by Gasteiger charge is -2.33. The van der Waals surface area contributed by atoms with E-state index in [-0.39, 0.29) is 24.6 Å². The van der Waals surface area contributed by atoms with Crippen molar-refractivity contribution in [2.24, 2.45) is 0 Å². The molecule has 0 aromatic heterocycles. The van der Waals surface area contributed by atoms with Gasteiger partial charge in [0.1, 0.15) is 18.3 Å². The summed E-state index contributed by atoms with van der Waals surface area (Å²) in [7, 11) is -2.43. The fourth-order valence-electron chi connectivity index (χ4n) is 4.43. The van der Waals surface area contributed by atoms with Crippen LogP contribution < -0.4 is 14.4 Å². The number of hydrogen-bond donors (Lipinski definition) is 1. The molecule has 214 valence electrons. The fourth-order valence-corrected chi connectivity index (χ4v) is 5.27. The van der Waals surface area contributed by atoms with Crippen molar-refractivity contribution in [1.29, 1.82) is 0 Å². The zero-order chi connectivity index (χ0) is 29.1. The average Bonchev–Trinajstić information content (AvgIpc) is 2.94. The lowest BCUT2D eigenvalue weighted by Crippen LogP contribution is -2.53. The largest absolute Gasteiger partial charge is 0.495 e. The summed E-state index contributed by atoms with van der Waals surface area (Å²) >= 11 is 0. The number of unbranched alkanes of at least 4 members (excludes halogenated alkanes) is 1. The van der Waals surface area contributed by atoms with E-state index in [1.54, 1.807) is 12.1 Å². The van der Waals surface area contributed by atoms with Crippen LogP contribution >= 0.6 is 0 Å². The molecule has 0 aliphatic rings. The maximum Gasteiger partial charge on any atom is 0.244 e. The molecule has 0 spiro atoms. The Labute approximate surface area is 238 Å². The molecule has 0 aliphatic heterocycles. The van der Waals surface area contributed by atoms with Crippen molar-refractivity contribution in [3.8, 4) is 5.75 Å². The molecule has 0 unspecified atom stereocenters. The number of benzene rings is 3. The maximum atomic E-state index is 14.1. The van der Waals surface area contributed by atoms with Crippen molar-refractivity contribution in [2.75, 3.05) is 30.8 Å². The molecule has 2 amide bonds. The van der Waals surface area contributed by atoms with E-state index in [9.17, 15) is 18.0 Å². The second-order valence-corrected chi connectivity index (χ2v) is 11.7. The summed E-state index contributed by atoms with van der Waals surface area (Å²) in [6, 6.07) is 23.2. The molecule has 40 heavy (non-hydrogen) atoms. The molecular weight excluding hydrogens is 526 g/mol. The third-order valence-electron chi connectivity index (χ3n) is 6.58. The second kappa shape index (κ2) is 14.5. The van der Waals surface area contributed by atoms with Gasteiger partial charge in [0.25, 0.3) is 0 Å². The van der Waals surface area contributed by atoms with Crippen LogP contribution in [0.1, 0.15) is 36.5 Å². The van der Waals surface area contributed by atoms with Gasteiger partial charge in [-0.15, -0.1) is 0 Å². The first-order valence-electron chi connectivity index (χ1n) is 13.4. The van der Waals surface area contributed by atoms with Gasteiger partial charge in [0.15, 0.2) is 0 Å². The Bertz CT molecular complexity index is 1360. The van der Waals surface area contributed by atoms with Gasteiger partial charge in [0.2, 0.25) is 21.8 Å². The number of hydrogen-bond acceptors (Lipinski definition) is 5. The fraction of sp³-hybridized carbons (Fsp3) is 0.355. The van der Waals surface area contributed by atoms with Gasteiger partial charge in [0.05, 0.1) is 19.1 Å². The Morgan fingerprint density at radius 1 is 0.950 bits per heavy atom. The lowest BCUT2D eigenvalue weighted by molar-refractivity contribution is -0.140. The normalized spacial score (nSPS) is 11.9. The minimum absolute atomic E-state index is 0.140. The molecule has 0 fully saturated rings. The van der Waals surface area contributed by atoms with Crippen LogP contribution in [0.5, 0.6) is 5.75 Å². The SMILES string of the molecule is CCCCNC(=O)[C@@H](Cc1ccccc1)N(Cc1ccccc1)C(=O)CN(c1cc(C)ccc1OC)S(C)(=O)=O. The van der Waals surface area contributed by atoms with Gasteiger partial charge < -0.3 is 15.0 Å². The minimum atomic E-state index is -3.89. The summed E-state index contributed by atoms with van der Waals surface area (Å²) < 4.78 is 32.5. The van der Waals surface area contributed by atoms with E-state index in [1.807, 2.05) is 80.6 Å². The van der Waals surface area contributed by atoms with Crippen LogP contribution in [-0.4, -0.2) is 57.6 Å². The quantitative estimate of drug-likeness (QED) is 0.294. The highest BCUT2D eigenvalue weighted by Gasteiger charge is 2.33. The number of amides is 2. The third-order valence-corrected chi connectivity index (χ3v) is 7.71. The van der Waals surface area contributed by atoms with Gasteiger partial charge in [-0.2, -0.15) is 0 Å². The summed E-state index contributed by atoms with van der Waals surface area (Å²) in [5.74, 6) is -0.443. The number of nitrogens with zero attached hydrogens (tertiary/aromatic N) is 2. The van der Waals surface area contributed by atoms with Gasteiger partial charge in [-0.1, -0.05) is 80.1 Å². The summed E-state index contributed by atoms with van der Waals surface area (Å²) in [6.07, 6.45) is 3.07. The Morgan fingerprint density at radius 3 is 2.15 bits per heavy atom. The van der Waals surface area contributed by atoms with Crippen molar-refractivity contribution < 1.29 is 22.7 Å². The zero-order valence-corrected chi connectivity index (χ0v) is 24.5. The van der Waals surface area contributed by atoms with Crippen molar-refractivity contribution >= 4 is 27.5 Å². The standard InChI is InChI=1S/C31H39N3O5S/c1-5-6-19-32-31(36)28(21-25-13-9-7-10-14-25)33(22-26-15-11-8-12-16-26)30(35)23-34(40(4,37)38)27-20-24(2)17-18-29(27)39-3/h7-18,20,28H,5-6,19,21-23H2,1-4H3,(H,32,36)/t28-/m1/s1. The molecule has 0 saturated carbocycles. The number of sulfonamides is 1. The topological polar surface area (TPSA) is 96.0 Å². The molecule has 3 aromatic carbocycles. The van der Waals surface area contributed by atoms with Crippen molar-refractivity contribution in [3.63, 3.8) is 0 Å². The number of nitrogens with one attached hydrogen (secondary N) is 1. The van der Waals surface area contributed by atoms with Crippen LogP contribution in [0.4, 0.5) is 5.69 Å². The number of aryl methyl sites for hydroxylation is 1. The summed E-state index contributed by atoms with van der Waals surface area (Å²) in [5.41, 5.74) is 2.80. The predicted octanol–water partition coefficient (Wildman–Crippen LogP) is 4.33. The van der Waals surface area contributed by atoms with Crippen LogP contribution in [-0.2, 0) is 32.6 Å².